The second-order valence-electron chi connectivity index (χ2n) is 4.79. The number of halogens is 2. The Morgan fingerprint density at radius 3 is 2.52 bits per heavy atom. The van der Waals surface area contributed by atoms with Crippen LogP contribution in [0.4, 0.5) is 10.1 Å². The molecule has 0 spiro atoms. The van der Waals surface area contributed by atoms with Crippen molar-refractivity contribution >= 4 is 38.4 Å². The molecule has 0 aliphatic carbocycles. The molecule has 0 atom stereocenters. The van der Waals surface area contributed by atoms with E-state index in [-0.39, 0.29) is 21.2 Å². The van der Waals surface area contributed by atoms with Crippen molar-refractivity contribution in [1.82, 2.24) is 4.57 Å². The Kier molecular flexibility index (Phi) is 3.65. The minimum absolute atomic E-state index is 0.0662. The van der Waals surface area contributed by atoms with E-state index in [1.54, 1.807) is 0 Å². The number of sulfonamides is 1. The maximum Gasteiger partial charge on any atom is 0.419 e. The first-order valence-electron chi connectivity index (χ1n) is 6.35. The number of aryl methyl sites for hydroxylation is 1. The van der Waals surface area contributed by atoms with Crippen LogP contribution in [0.1, 0.15) is 0 Å². The van der Waals surface area contributed by atoms with Crippen molar-refractivity contribution < 1.29 is 17.2 Å². The SMILES string of the molecule is Cn1c(=O)oc2cc(S(=O)(=O)Nc3ccc(F)cc3)c(Cl)cc21. The smallest absolute Gasteiger partial charge is 0.408 e. The molecule has 9 heteroatoms. The van der Waals surface area contributed by atoms with E-state index in [4.69, 9.17) is 16.0 Å². The van der Waals surface area contributed by atoms with Gasteiger partial charge in [-0.05, 0) is 30.3 Å². The molecule has 3 rings (SSSR count). The number of benzene rings is 2. The highest BCUT2D eigenvalue weighted by molar-refractivity contribution is 7.92. The quantitative estimate of drug-likeness (QED) is 0.782. The molecule has 0 aliphatic rings. The Balaban J connectivity index is 2.09. The number of nitrogens with zero attached hydrogens (tertiary/aromatic N) is 1. The van der Waals surface area contributed by atoms with Gasteiger partial charge in [-0.3, -0.25) is 9.29 Å². The fourth-order valence-corrected chi connectivity index (χ4v) is 3.66. The fraction of sp³-hybridized carbons (Fsp3) is 0.0714. The van der Waals surface area contributed by atoms with Crippen LogP contribution in [-0.2, 0) is 17.1 Å². The number of fused-ring (bicyclic) bond motifs is 1. The Bertz CT molecular complexity index is 1050. The Hall–Kier alpha value is -2.32. The molecule has 1 aromatic heterocycles. The van der Waals surface area contributed by atoms with Gasteiger partial charge in [0.1, 0.15) is 10.7 Å². The van der Waals surface area contributed by atoms with E-state index in [1.165, 1.54) is 35.9 Å². The highest BCUT2D eigenvalue weighted by Crippen LogP contribution is 2.28. The van der Waals surface area contributed by atoms with Gasteiger partial charge in [0.05, 0.1) is 10.5 Å². The van der Waals surface area contributed by atoms with E-state index < -0.39 is 21.6 Å². The lowest BCUT2D eigenvalue weighted by Crippen LogP contribution is -2.13. The predicted octanol–water partition coefficient (Wildman–Crippen LogP) is 2.72. The number of anilines is 1. The summed E-state index contributed by atoms with van der Waals surface area (Å²) in [4.78, 5) is 11.2. The Morgan fingerprint density at radius 2 is 1.87 bits per heavy atom. The summed E-state index contributed by atoms with van der Waals surface area (Å²) < 4.78 is 46.2. The molecule has 0 amide bonds. The number of hydrogen-bond donors (Lipinski definition) is 1. The van der Waals surface area contributed by atoms with E-state index in [0.717, 1.165) is 12.1 Å². The summed E-state index contributed by atoms with van der Waals surface area (Å²) in [7, 11) is -2.55. The van der Waals surface area contributed by atoms with Crippen LogP contribution >= 0.6 is 11.6 Å². The fourth-order valence-electron chi connectivity index (χ4n) is 2.06. The summed E-state index contributed by atoms with van der Waals surface area (Å²) >= 11 is 6.02. The standard InChI is InChI=1S/C14H10ClFN2O4S/c1-18-11-6-10(15)13(7-12(11)22-14(18)19)23(20,21)17-9-4-2-8(16)3-5-9/h2-7,17H,1H3. The molecule has 0 bridgehead atoms. The lowest BCUT2D eigenvalue weighted by Gasteiger charge is -2.09. The third-order valence-electron chi connectivity index (χ3n) is 3.23. The van der Waals surface area contributed by atoms with Crippen molar-refractivity contribution in [3.05, 3.63) is 57.8 Å². The molecular weight excluding hydrogens is 347 g/mol. The molecule has 6 nitrogen and oxygen atoms in total. The first-order valence-corrected chi connectivity index (χ1v) is 8.21. The highest BCUT2D eigenvalue weighted by atomic mass is 35.5. The molecule has 0 unspecified atom stereocenters. The zero-order valence-corrected chi connectivity index (χ0v) is 13.3. The maximum absolute atomic E-state index is 12.9. The van der Waals surface area contributed by atoms with Crippen LogP contribution in [0.25, 0.3) is 11.1 Å². The summed E-state index contributed by atoms with van der Waals surface area (Å²) in [6, 6.07) is 7.31. The van der Waals surface area contributed by atoms with Crippen LogP contribution in [0, 0.1) is 5.82 Å². The largest absolute Gasteiger partial charge is 0.419 e. The zero-order chi connectivity index (χ0) is 16.8. The lowest BCUT2D eigenvalue weighted by molar-refractivity contribution is 0.527. The van der Waals surface area contributed by atoms with E-state index in [1.807, 2.05) is 0 Å². The van der Waals surface area contributed by atoms with Crippen LogP contribution in [-0.4, -0.2) is 13.0 Å². The van der Waals surface area contributed by atoms with Gasteiger partial charge in [0, 0.05) is 18.8 Å². The third kappa shape index (κ3) is 2.82. The maximum atomic E-state index is 12.9. The average molecular weight is 357 g/mol. The number of rotatable bonds is 3. The average Bonchev–Trinajstić information content (AvgIpc) is 2.76. The van der Waals surface area contributed by atoms with Crippen LogP contribution in [0.15, 0.2) is 50.5 Å². The second kappa shape index (κ2) is 5.39. The molecule has 0 aliphatic heterocycles. The molecular formula is C14H10ClFN2O4S. The molecule has 120 valence electrons. The summed E-state index contributed by atoms with van der Waals surface area (Å²) in [5.74, 6) is -1.12. The van der Waals surface area contributed by atoms with Crippen molar-refractivity contribution in [2.75, 3.05) is 4.72 Å². The van der Waals surface area contributed by atoms with Gasteiger partial charge in [0.25, 0.3) is 10.0 Å². The van der Waals surface area contributed by atoms with E-state index in [0.29, 0.717) is 5.52 Å². The molecule has 1 N–H and O–H groups in total. The van der Waals surface area contributed by atoms with Gasteiger partial charge in [-0.15, -0.1) is 0 Å². The van der Waals surface area contributed by atoms with Gasteiger partial charge in [0.15, 0.2) is 5.58 Å². The zero-order valence-electron chi connectivity index (χ0n) is 11.7. The van der Waals surface area contributed by atoms with Crippen molar-refractivity contribution in [1.29, 1.82) is 0 Å². The molecule has 0 saturated carbocycles. The monoisotopic (exact) mass is 356 g/mol. The topological polar surface area (TPSA) is 81.3 Å². The lowest BCUT2D eigenvalue weighted by atomic mass is 10.3. The summed E-state index contributed by atoms with van der Waals surface area (Å²) in [6.45, 7) is 0. The molecule has 23 heavy (non-hydrogen) atoms. The molecule has 1 heterocycles. The highest BCUT2D eigenvalue weighted by Gasteiger charge is 2.21. The van der Waals surface area contributed by atoms with Crippen LogP contribution in [0.2, 0.25) is 5.02 Å². The minimum Gasteiger partial charge on any atom is -0.408 e. The minimum atomic E-state index is -4.03. The first kappa shape index (κ1) is 15.6. The van der Waals surface area contributed by atoms with Crippen molar-refractivity contribution in [3.8, 4) is 0 Å². The molecule has 0 saturated heterocycles. The third-order valence-corrected chi connectivity index (χ3v) is 5.08. The molecule has 3 aromatic rings. The first-order chi connectivity index (χ1) is 10.8. The summed E-state index contributed by atoms with van der Waals surface area (Å²) in [5.41, 5.74) is 0.652. The predicted molar refractivity (Wildman–Crippen MR) is 83.7 cm³/mol. The molecule has 2 aromatic carbocycles. The summed E-state index contributed by atoms with van der Waals surface area (Å²) in [5, 5.41) is -0.0662. The van der Waals surface area contributed by atoms with Gasteiger partial charge in [-0.1, -0.05) is 11.6 Å². The number of hydrogen-bond acceptors (Lipinski definition) is 4. The number of aromatic nitrogens is 1. The van der Waals surface area contributed by atoms with Gasteiger partial charge in [-0.25, -0.2) is 17.6 Å². The van der Waals surface area contributed by atoms with Crippen molar-refractivity contribution in [2.45, 2.75) is 4.90 Å². The Morgan fingerprint density at radius 1 is 1.22 bits per heavy atom. The van der Waals surface area contributed by atoms with E-state index in [9.17, 15) is 17.6 Å². The van der Waals surface area contributed by atoms with Crippen LogP contribution < -0.4 is 10.5 Å². The number of nitrogens with one attached hydrogen (secondary N) is 1. The van der Waals surface area contributed by atoms with Gasteiger partial charge >= 0.3 is 5.76 Å². The van der Waals surface area contributed by atoms with Gasteiger partial charge < -0.3 is 4.42 Å². The van der Waals surface area contributed by atoms with E-state index >= 15 is 0 Å². The normalized spacial score (nSPS) is 11.8. The second-order valence-corrected chi connectivity index (χ2v) is 6.85. The van der Waals surface area contributed by atoms with Gasteiger partial charge in [0.2, 0.25) is 0 Å². The molecule has 0 fully saturated rings. The van der Waals surface area contributed by atoms with Crippen molar-refractivity contribution in [2.24, 2.45) is 7.05 Å². The van der Waals surface area contributed by atoms with Crippen molar-refractivity contribution in [3.63, 3.8) is 0 Å². The number of oxazole rings is 1. The Labute approximate surface area is 135 Å². The van der Waals surface area contributed by atoms with Crippen LogP contribution in [0.3, 0.4) is 0 Å². The van der Waals surface area contributed by atoms with Crippen LogP contribution in [0.5, 0.6) is 0 Å². The van der Waals surface area contributed by atoms with Gasteiger partial charge in [-0.2, -0.15) is 0 Å². The molecule has 0 radical (unpaired) electrons. The summed E-state index contributed by atoms with van der Waals surface area (Å²) in [6.07, 6.45) is 0. The van der Waals surface area contributed by atoms with E-state index in [2.05, 4.69) is 4.72 Å².